The Hall–Kier alpha value is -1.11. The van der Waals surface area contributed by atoms with E-state index in [0.717, 1.165) is 12.7 Å². The van der Waals surface area contributed by atoms with Crippen molar-refractivity contribution < 1.29 is 4.79 Å². The van der Waals surface area contributed by atoms with Crippen LogP contribution >= 0.6 is 0 Å². The highest BCUT2D eigenvalue weighted by Crippen LogP contribution is 1.81. The summed E-state index contributed by atoms with van der Waals surface area (Å²) in [4.78, 5) is 9.76. The fraction of sp³-hybridized carbons (Fsp3) is 0.222. The molecule has 0 rings (SSSR count). The quantitative estimate of drug-likeness (QED) is 0.329. The summed E-state index contributed by atoms with van der Waals surface area (Å²) in [5, 5.41) is 0. The first-order chi connectivity index (χ1) is 4.91. The molecule has 10 heavy (non-hydrogen) atoms. The number of hydrogen-bond donors (Lipinski definition) is 0. The van der Waals surface area contributed by atoms with Gasteiger partial charge in [-0.05, 0) is 12.5 Å². The highest BCUT2D eigenvalue weighted by molar-refractivity contribution is 5.65. The van der Waals surface area contributed by atoms with Crippen LogP contribution in [0.4, 0.5) is 0 Å². The zero-order chi connectivity index (χ0) is 7.66. The van der Waals surface area contributed by atoms with Gasteiger partial charge in [-0.15, -0.1) is 0 Å². The molecule has 0 aromatic carbocycles. The Bertz CT molecular complexity index is 152. The lowest BCUT2D eigenvalue weighted by atomic mass is 10.4. The highest BCUT2D eigenvalue weighted by atomic mass is 16.1. The summed E-state index contributed by atoms with van der Waals surface area (Å²) in [7, 11) is 0. The molecular weight excluding hydrogens is 124 g/mol. The van der Waals surface area contributed by atoms with Gasteiger partial charge in [0.15, 0.2) is 0 Å². The Balaban J connectivity index is 3.46. The molecule has 54 valence electrons. The maximum absolute atomic E-state index is 9.76. The predicted molar refractivity (Wildman–Crippen MR) is 43.8 cm³/mol. The van der Waals surface area contributed by atoms with Gasteiger partial charge >= 0.3 is 0 Å². The summed E-state index contributed by atoms with van der Waals surface area (Å²) in [6.45, 7) is 2.08. The van der Waals surface area contributed by atoms with Gasteiger partial charge in [0.1, 0.15) is 6.29 Å². The molecule has 0 aliphatic carbocycles. The van der Waals surface area contributed by atoms with Crippen LogP contribution in [0.5, 0.6) is 0 Å². The summed E-state index contributed by atoms with van der Waals surface area (Å²) in [5.74, 6) is 0. The van der Waals surface area contributed by atoms with Crippen LogP contribution in [0, 0.1) is 0 Å². The summed E-state index contributed by atoms with van der Waals surface area (Å²) in [5.41, 5.74) is 0. The maximum atomic E-state index is 9.76. The summed E-state index contributed by atoms with van der Waals surface area (Å²) in [6, 6.07) is 0. The Morgan fingerprint density at radius 2 is 1.60 bits per heavy atom. The van der Waals surface area contributed by atoms with Gasteiger partial charge in [0, 0.05) is 0 Å². The number of allylic oxidation sites excluding steroid dienone is 6. The van der Waals surface area contributed by atoms with Crippen molar-refractivity contribution in [3.63, 3.8) is 0 Å². The van der Waals surface area contributed by atoms with Crippen LogP contribution in [-0.4, -0.2) is 6.29 Å². The van der Waals surface area contributed by atoms with Crippen LogP contribution < -0.4 is 0 Å². The van der Waals surface area contributed by atoms with E-state index in [9.17, 15) is 4.79 Å². The Kier molecular flexibility index (Phi) is 7.01. The molecule has 0 N–H and O–H groups in total. The molecule has 0 saturated carbocycles. The Morgan fingerprint density at radius 1 is 1.00 bits per heavy atom. The fourth-order valence-electron chi connectivity index (χ4n) is 0.452. The lowest BCUT2D eigenvalue weighted by Crippen LogP contribution is -1.56. The molecule has 0 bridgehead atoms. The zero-order valence-electron chi connectivity index (χ0n) is 6.16. The van der Waals surface area contributed by atoms with Gasteiger partial charge in [0.25, 0.3) is 0 Å². The van der Waals surface area contributed by atoms with Crippen LogP contribution in [0.25, 0.3) is 0 Å². The first-order valence-corrected chi connectivity index (χ1v) is 3.35. The molecule has 1 heteroatoms. The summed E-state index contributed by atoms with van der Waals surface area (Å²) in [6.07, 6.45) is 12.7. The van der Waals surface area contributed by atoms with Crippen LogP contribution in [0.15, 0.2) is 36.5 Å². The van der Waals surface area contributed by atoms with Crippen LogP contribution in [0.2, 0.25) is 0 Å². The molecule has 0 saturated heterocycles. The van der Waals surface area contributed by atoms with E-state index in [1.807, 2.05) is 24.3 Å². The molecule has 0 unspecified atom stereocenters. The van der Waals surface area contributed by atoms with E-state index in [4.69, 9.17) is 0 Å². The Labute approximate surface area is 61.8 Å². The number of carbonyl (C=O) groups excluding carboxylic acids is 1. The summed E-state index contributed by atoms with van der Waals surface area (Å²) >= 11 is 0. The van der Waals surface area contributed by atoms with Gasteiger partial charge in [-0.25, -0.2) is 0 Å². The molecule has 0 aromatic rings. The number of hydrogen-bond acceptors (Lipinski definition) is 1. The van der Waals surface area contributed by atoms with Gasteiger partial charge in [-0.3, -0.25) is 4.79 Å². The van der Waals surface area contributed by atoms with E-state index in [1.165, 1.54) is 6.08 Å². The second-order valence-electron chi connectivity index (χ2n) is 1.74. The lowest BCUT2D eigenvalue weighted by Gasteiger charge is -1.72. The molecule has 0 atom stereocenters. The Morgan fingerprint density at radius 3 is 2.20 bits per heavy atom. The van der Waals surface area contributed by atoms with Gasteiger partial charge < -0.3 is 0 Å². The lowest BCUT2D eigenvalue weighted by molar-refractivity contribution is -0.104. The monoisotopic (exact) mass is 136 g/mol. The molecule has 0 fully saturated rings. The van der Waals surface area contributed by atoms with Gasteiger partial charge in [0.05, 0.1) is 0 Å². The predicted octanol–water partition coefficient (Wildman–Crippen LogP) is 2.26. The van der Waals surface area contributed by atoms with E-state index in [0.29, 0.717) is 0 Å². The summed E-state index contributed by atoms with van der Waals surface area (Å²) < 4.78 is 0. The number of carbonyl (C=O) groups is 1. The van der Waals surface area contributed by atoms with Gasteiger partial charge in [-0.2, -0.15) is 0 Å². The van der Waals surface area contributed by atoms with E-state index in [1.54, 1.807) is 6.08 Å². The van der Waals surface area contributed by atoms with Crippen LogP contribution in [0.1, 0.15) is 13.3 Å². The largest absolute Gasteiger partial charge is 0.299 e. The van der Waals surface area contributed by atoms with Crippen molar-refractivity contribution in [2.45, 2.75) is 13.3 Å². The third-order valence-electron chi connectivity index (χ3n) is 0.895. The molecule has 0 aliphatic rings. The van der Waals surface area contributed by atoms with Crippen molar-refractivity contribution in [1.82, 2.24) is 0 Å². The van der Waals surface area contributed by atoms with Crippen LogP contribution in [-0.2, 0) is 4.79 Å². The minimum Gasteiger partial charge on any atom is -0.299 e. The molecular formula is C9H12O. The fourth-order valence-corrected chi connectivity index (χ4v) is 0.452. The first kappa shape index (κ1) is 8.89. The van der Waals surface area contributed by atoms with Crippen molar-refractivity contribution in [3.05, 3.63) is 36.5 Å². The molecule has 0 aliphatic heterocycles. The molecule has 0 amide bonds. The van der Waals surface area contributed by atoms with Crippen molar-refractivity contribution in [3.8, 4) is 0 Å². The van der Waals surface area contributed by atoms with E-state index >= 15 is 0 Å². The second kappa shape index (κ2) is 7.89. The molecule has 0 radical (unpaired) electrons. The van der Waals surface area contributed by atoms with Crippen molar-refractivity contribution in [1.29, 1.82) is 0 Å². The minimum absolute atomic E-state index is 0.758. The second-order valence-corrected chi connectivity index (χ2v) is 1.74. The third-order valence-corrected chi connectivity index (χ3v) is 0.895. The van der Waals surface area contributed by atoms with Gasteiger partial charge in [-0.1, -0.05) is 37.3 Å². The van der Waals surface area contributed by atoms with Crippen LogP contribution in [0.3, 0.4) is 0 Å². The van der Waals surface area contributed by atoms with Crippen molar-refractivity contribution >= 4 is 6.29 Å². The van der Waals surface area contributed by atoms with E-state index in [-0.39, 0.29) is 0 Å². The maximum Gasteiger partial charge on any atom is 0.142 e. The molecule has 0 spiro atoms. The molecule has 0 heterocycles. The number of rotatable bonds is 4. The highest BCUT2D eigenvalue weighted by Gasteiger charge is 1.62. The third kappa shape index (κ3) is 6.89. The van der Waals surface area contributed by atoms with Crippen molar-refractivity contribution in [2.75, 3.05) is 0 Å². The average Bonchev–Trinajstić information content (AvgIpc) is 1.97. The SMILES string of the molecule is CC/C=C/C=C/C=C\C=O. The van der Waals surface area contributed by atoms with Gasteiger partial charge in [0.2, 0.25) is 0 Å². The average molecular weight is 136 g/mol. The van der Waals surface area contributed by atoms with E-state index < -0.39 is 0 Å². The standard InChI is InChI=1S/C9H12O/c1-2-3-4-5-6-7-8-9-10/h3-9H,2H2,1H3/b4-3+,6-5+,8-7-. The minimum atomic E-state index is 0.758. The first-order valence-electron chi connectivity index (χ1n) is 3.35. The molecule has 1 nitrogen and oxygen atoms in total. The molecule has 0 aromatic heterocycles. The van der Waals surface area contributed by atoms with Crippen molar-refractivity contribution in [2.24, 2.45) is 0 Å². The number of aldehydes is 1. The topological polar surface area (TPSA) is 17.1 Å². The smallest absolute Gasteiger partial charge is 0.142 e. The van der Waals surface area contributed by atoms with E-state index in [2.05, 4.69) is 6.92 Å². The zero-order valence-corrected chi connectivity index (χ0v) is 6.16. The normalized spacial score (nSPS) is 12.1.